The van der Waals surface area contributed by atoms with Crippen molar-refractivity contribution in [2.45, 2.75) is 13.5 Å². The number of nitro benzene ring substituents is 1. The van der Waals surface area contributed by atoms with E-state index in [1.807, 2.05) is 31.2 Å². The number of carbonyl (C=O) groups is 1. The molecule has 0 unspecified atom stereocenters. The van der Waals surface area contributed by atoms with Crippen LogP contribution in [-0.2, 0) is 11.4 Å². The minimum absolute atomic E-state index is 0.134. The van der Waals surface area contributed by atoms with Gasteiger partial charge in [-0.05, 0) is 81.3 Å². The molecule has 11 heteroatoms. The van der Waals surface area contributed by atoms with E-state index in [0.29, 0.717) is 42.4 Å². The molecule has 3 aromatic carbocycles. The molecule has 184 valence electrons. The molecule has 0 fully saturated rings. The Morgan fingerprint density at radius 3 is 2.64 bits per heavy atom. The molecular formula is C25H18BrClIN3O5. The van der Waals surface area contributed by atoms with Crippen LogP contribution in [0.3, 0.4) is 0 Å². The van der Waals surface area contributed by atoms with E-state index in [0.717, 1.165) is 5.56 Å². The third kappa shape index (κ3) is 6.96. The van der Waals surface area contributed by atoms with Gasteiger partial charge >= 0.3 is 0 Å². The topological polar surface area (TPSA) is 114 Å². The molecule has 0 heterocycles. The number of nitrogens with one attached hydrogen (secondary N) is 1. The quantitative estimate of drug-likeness (QED) is 0.0844. The second kappa shape index (κ2) is 12.7. The fourth-order valence-electron chi connectivity index (χ4n) is 3.06. The number of nitrogens with zero attached hydrogens (tertiary/aromatic N) is 2. The number of hydrogen-bond acceptors (Lipinski definition) is 6. The van der Waals surface area contributed by atoms with Gasteiger partial charge in [0.1, 0.15) is 18.2 Å². The first-order valence-electron chi connectivity index (χ1n) is 10.4. The van der Waals surface area contributed by atoms with Gasteiger partial charge in [0.25, 0.3) is 11.6 Å². The Bertz CT molecular complexity index is 1390. The maximum Gasteiger partial charge on any atom is 0.270 e. The molecule has 3 aromatic rings. The highest BCUT2D eigenvalue weighted by Gasteiger charge is 2.17. The van der Waals surface area contributed by atoms with Gasteiger partial charge < -0.3 is 14.8 Å². The van der Waals surface area contributed by atoms with Crippen LogP contribution >= 0.6 is 50.1 Å². The molecule has 3 rings (SSSR count). The Hall–Kier alpha value is -3.14. The normalized spacial score (nSPS) is 10.9. The van der Waals surface area contributed by atoms with Crippen LogP contribution < -0.4 is 14.8 Å². The summed E-state index contributed by atoms with van der Waals surface area (Å²) < 4.78 is 12.8. The van der Waals surface area contributed by atoms with Crippen LogP contribution in [0.1, 0.15) is 18.1 Å². The average molecular weight is 683 g/mol. The lowest BCUT2D eigenvalue weighted by atomic mass is 10.1. The Kier molecular flexibility index (Phi) is 9.69. The molecule has 0 aliphatic heterocycles. The number of nitriles is 1. The van der Waals surface area contributed by atoms with Crippen molar-refractivity contribution < 1.29 is 19.2 Å². The number of anilines is 1. The zero-order valence-corrected chi connectivity index (χ0v) is 23.3. The van der Waals surface area contributed by atoms with Crippen molar-refractivity contribution in [3.8, 4) is 17.6 Å². The predicted octanol–water partition coefficient (Wildman–Crippen LogP) is 7.14. The van der Waals surface area contributed by atoms with E-state index in [1.165, 1.54) is 24.3 Å². The van der Waals surface area contributed by atoms with Crippen LogP contribution in [0.2, 0.25) is 5.02 Å². The first kappa shape index (κ1) is 27.4. The van der Waals surface area contributed by atoms with Crippen molar-refractivity contribution in [3.05, 3.63) is 94.5 Å². The third-order valence-electron chi connectivity index (χ3n) is 4.75. The first-order valence-corrected chi connectivity index (χ1v) is 12.7. The van der Waals surface area contributed by atoms with Gasteiger partial charge in [0, 0.05) is 27.2 Å². The average Bonchev–Trinajstić information content (AvgIpc) is 2.84. The number of non-ortho nitro benzene ring substituents is 1. The summed E-state index contributed by atoms with van der Waals surface area (Å²) in [5, 5.41) is 23.7. The summed E-state index contributed by atoms with van der Waals surface area (Å²) in [5.74, 6) is 0.310. The second-order valence-corrected chi connectivity index (χ2v) is 9.61. The predicted molar refractivity (Wildman–Crippen MR) is 149 cm³/mol. The third-order valence-corrected chi connectivity index (χ3v) is 6.58. The SMILES string of the molecule is CCOc1cc(/C=C(/C#N)C(=O)Nc2ccc([N+](=O)[O-])cc2Br)cc(I)c1OCc1ccccc1Cl. The number of carbonyl (C=O) groups excluding carboxylic acids is 1. The van der Waals surface area contributed by atoms with E-state index in [-0.39, 0.29) is 17.9 Å². The molecular weight excluding hydrogens is 665 g/mol. The highest BCUT2D eigenvalue weighted by atomic mass is 127. The first-order chi connectivity index (χ1) is 17.2. The molecule has 1 amide bonds. The maximum atomic E-state index is 12.7. The van der Waals surface area contributed by atoms with Gasteiger partial charge in [-0.2, -0.15) is 5.26 Å². The maximum absolute atomic E-state index is 12.7. The second-order valence-electron chi connectivity index (χ2n) is 7.19. The summed E-state index contributed by atoms with van der Waals surface area (Å²) in [5.41, 5.74) is 1.37. The molecule has 0 atom stereocenters. The van der Waals surface area contributed by atoms with Gasteiger partial charge in [0.2, 0.25) is 0 Å². The number of nitro groups is 1. The molecule has 0 aromatic heterocycles. The molecule has 1 N–H and O–H groups in total. The van der Waals surface area contributed by atoms with Crippen molar-refractivity contribution in [2.75, 3.05) is 11.9 Å². The zero-order valence-electron chi connectivity index (χ0n) is 18.8. The Balaban J connectivity index is 1.86. The largest absolute Gasteiger partial charge is 0.490 e. The number of halogens is 3. The summed E-state index contributed by atoms with van der Waals surface area (Å²) in [6.07, 6.45) is 1.43. The Labute approximate surface area is 234 Å². The van der Waals surface area contributed by atoms with Crippen LogP contribution in [0.5, 0.6) is 11.5 Å². The lowest BCUT2D eigenvalue weighted by Crippen LogP contribution is -2.14. The van der Waals surface area contributed by atoms with Crippen LogP contribution in [0, 0.1) is 25.0 Å². The molecule has 0 bridgehead atoms. The molecule has 0 saturated heterocycles. The molecule has 8 nitrogen and oxygen atoms in total. The monoisotopic (exact) mass is 681 g/mol. The number of hydrogen-bond donors (Lipinski definition) is 1. The minimum Gasteiger partial charge on any atom is -0.490 e. The number of benzene rings is 3. The molecule has 0 radical (unpaired) electrons. The van der Waals surface area contributed by atoms with Gasteiger partial charge in [-0.1, -0.05) is 29.8 Å². The smallest absolute Gasteiger partial charge is 0.270 e. The fraction of sp³-hybridized carbons (Fsp3) is 0.120. The number of ether oxygens (including phenoxy) is 2. The van der Waals surface area contributed by atoms with Crippen LogP contribution in [-0.4, -0.2) is 17.4 Å². The molecule has 0 saturated carbocycles. The standard InChI is InChI=1S/C25H18BrClIN3O5/c1-2-35-23-11-15(10-21(28)24(23)36-14-16-5-3-4-6-20(16)27)9-17(13-29)25(32)30-22-8-7-18(31(33)34)12-19(22)26/h3-12H,2,14H2,1H3,(H,30,32)/b17-9-. The van der Waals surface area contributed by atoms with E-state index in [4.69, 9.17) is 21.1 Å². The van der Waals surface area contributed by atoms with E-state index >= 15 is 0 Å². The lowest BCUT2D eigenvalue weighted by Gasteiger charge is -2.15. The lowest BCUT2D eigenvalue weighted by molar-refractivity contribution is -0.384. The molecule has 0 aliphatic rings. The van der Waals surface area contributed by atoms with E-state index in [2.05, 4.69) is 43.8 Å². The van der Waals surface area contributed by atoms with Crippen molar-refractivity contribution in [1.82, 2.24) is 0 Å². The highest BCUT2D eigenvalue weighted by molar-refractivity contribution is 14.1. The van der Waals surface area contributed by atoms with Gasteiger partial charge in [-0.15, -0.1) is 0 Å². The van der Waals surface area contributed by atoms with E-state index in [9.17, 15) is 20.2 Å². The Morgan fingerprint density at radius 2 is 2.00 bits per heavy atom. The minimum atomic E-state index is -0.668. The van der Waals surface area contributed by atoms with E-state index < -0.39 is 10.8 Å². The molecule has 0 aliphatic carbocycles. The van der Waals surface area contributed by atoms with Gasteiger partial charge in [0.05, 0.1) is 20.8 Å². The summed E-state index contributed by atoms with van der Waals surface area (Å²) in [4.78, 5) is 23.1. The van der Waals surface area contributed by atoms with Crippen molar-refractivity contribution in [2.24, 2.45) is 0 Å². The summed E-state index contributed by atoms with van der Waals surface area (Å²) in [6.45, 7) is 2.45. The number of amides is 1. The van der Waals surface area contributed by atoms with Crippen molar-refractivity contribution in [3.63, 3.8) is 0 Å². The van der Waals surface area contributed by atoms with Gasteiger partial charge in [-0.3, -0.25) is 14.9 Å². The van der Waals surface area contributed by atoms with Crippen molar-refractivity contribution >= 4 is 73.5 Å². The molecule has 36 heavy (non-hydrogen) atoms. The summed E-state index contributed by atoms with van der Waals surface area (Å²) in [6, 6.07) is 16.6. The van der Waals surface area contributed by atoms with E-state index in [1.54, 1.807) is 18.2 Å². The van der Waals surface area contributed by atoms with Crippen molar-refractivity contribution in [1.29, 1.82) is 5.26 Å². The van der Waals surface area contributed by atoms with Gasteiger partial charge in [-0.25, -0.2) is 0 Å². The summed E-state index contributed by atoms with van der Waals surface area (Å²) >= 11 is 11.5. The number of rotatable bonds is 9. The van der Waals surface area contributed by atoms with Gasteiger partial charge in [0.15, 0.2) is 11.5 Å². The zero-order chi connectivity index (χ0) is 26.2. The molecule has 0 spiro atoms. The Morgan fingerprint density at radius 1 is 1.25 bits per heavy atom. The fourth-order valence-corrected chi connectivity index (χ4v) is 4.50. The highest BCUT2D eigenvalue weighted by Crippen LogP contribution is 2.36. The summed E-state index contributed by atoms with van der Waals surface area (Å²) in [7, 11) is 0. The van der Waals surface area contributed by atoms with Crippen LogP contribution in [0.15, 0.2) is 64.6 Å². The van der Waals surface area contributed by atoms with Crippen LogP contribution in [0.25, 0.3) is 6.08 Å². The van der Waals surface area contributed by atoms with Crippen LogP contribution in [0.4, 0.5) is 11.4 Å².